The monoisotopic (exact) mass is 481 g/mol. The number of aromatic nitrogens is 7. The van der Waals surface area contributed by atoms with Crippen molar-refractivity contribution in [2.45, 2.75) is 13.1 Å². The maximum Gasteiger partial charge on any atom is 0.283 e. The number of benzene rings is 2. The molecule has 5 rings (SSSR count). The minimum Gasteiger partial charge on any atom is -0.493 e. The molecule has 35 heavy (non-hydrogen) atoms. The summed E-state index contributed by atoms with van der Waals surface area (Å²) in [6.45, 7) is -0.0655. The number of hydrogen-bond acceptors (Lipinski definition) is 9. The Morgan fingerprint density at radius 1 is 1.00 bits per heavy atom. The van der Waals surface area contributed by atoms with Gasteiger partial charge in [-0.15, -0.1) is 5.10 Å². The van der Waals surface area contributed by atoms with E-state index in [1.165, 1.54) is 41.9 Å². The van der Waals surface area contributed by atoms with Crippen molar-refractivity contribution in [1.82, 2.24) is 34.7 Å². The van der Waals surface area contributed by atoms with E-state index < -0.39 is 17.2 Å². The van der Waals surface area contributed by atoms with Gasteiger partial charge in [-0.1, -0.05) is 10.4 Å². The summed E-state index contributed by atoms with van der Waals surface area (Å²) in [4.78, 5) is 21.5. The quantitative estimate of drug-likeness (QED) is 0.345. The predicted octanol–water partition coefficient (Wildman–Crippen LogP) is 2.43. The molecular weight excluding hydrogens is 464 g/mol. The topological polar surface area (TPSA) is 123 Å². The number of hydrogen-bond donors (Lipinski definition) is 0. The Kier molecular flexibility index (Phi) is 5.65. The molecule has 0 fully saturated rings. The summed E-state index contributed by atoms with van der Waals surface area (Å²) in [6, 6.07) is 8.28. The zero-order valence-electron chi connectivity index (χ0n) is 18.5. The SMILES string of the molecule is COc1ccc(-c2noc(Cn3cnc4c(nnn4Cc4cc(F)cc(F)c4)c3=O)n2)cc1OC. The van der Waals surface area contributed by atoms with E-state index in [0.717, 1.165) is 6.07 Å². The first-order chi connectivity index (χ1) is 16.9. The van der Waals surface area contributed by atoms with E-state index in [4.69, 9.17) is 14.0 Å². The van der Waals surface area contributed by atoms with Crippen LogP contribution in [0.5, 0.6) is 11.5 Å². The van der Waals surface area contributed by atoms with Crippen molar-refractivity contribution >= 4 is 11.2 Å². The summed E-state index contributed by atoms with van der Waals surface area (Å²) < 4.78 is 45.3. The van der Waals surface area contributed by atoms with E-state index in [2.05, 4.69) is 25.4 Å². The molecule has 0 aliphatic carbocycles. The van der Waals surface area contributed by atoms with E-state index >= 15 is 0 Å². The summed E-state index contributed by atoms with van der Waals surface area (Å²) in [6.07, 6.45) is 1.29. The normalized spacial score (nSPS) is 11.2. The van der Waals surface area contributed by atoms with Gasteiger partial charge in [-0.25, -0.2) is 18.4 Å². The zero-order chi connectivity index (χ0) is 24.5. The highest BCUT2D eigenvalue weighted by Crippen LogP contribution is 2.31. The van der Waals surface area contributed by atoms with Gasteiger partial charge in [0, 0.05) is 11.6 Å². The number of ether oxygens (including phenoxy) is 2. The molecule has 0 aliphatic rings. The minimum absolute atomic E-state index is 0.0102. The second-order valence-corrected chi connectivity index (χ2v) is 7.46. The second kappa shape index (κ2) is 8.93. The molecule has 3 aromatic heterocycles. The fourth-order valence-corrected chi connectivity index (χ4v) is 3.54. The molecule has 0 aliphatic heterocycles. The predicted molar refractivity (Wildman–Crippen MR) is 117 cm³/mol. The first kappa shape index (κ1) is 22.1. The van der Waals surface area contributed by atoms with Crippen LogP contribution in [0, 0.1) is 11.6 Å². The lowest BCUT2D eigenvalue weighted by atomic mass is 10.2. The molecule has 0 N–H and O–H groups in total. The Morgan fingerprint density at radius 3 is 2.51 bits per heavy atom. The van der Waals surface area contributed by atoms with E-state index in [-0.39, 0.29) is 30.1 Å². The van der Waals surface area contributed by atoms with Gasteiger partial charge >= 0.3 is 0 Å². The van der Waals surface area contributed by atoms with Crippen LogP contribution in [0.25, 0.3) is 22.6 Å². The molecule has 3 heterocycles. The Labute approximate surface area is 195 Å². The highest BCUT2D eigenvalue weighted by Gasteiger charge is 2.16. The maximum absolute atomic E-state index is 13.5. The van der Waals surface area contributed by atoms with E-state index in [9.17, 15) is 13.6 Å². The molecule has 2 aromatic carbocycles. The van der Waals surface area contributed by atoms with Gasteiger partial charge in [0.05, 0.1) is 20.8 Å². The van der Waals surface area contributed by atoms with Crippen molar-refractivity contribution in [3.05, 3.63) is 76.2 Å². The first-order valence-electron chi connectivity index (χ1n) is 10.2. The third-order valence-corrected chi connectivity index (χ3v) is 5.16. The number of fused-ring (bicyclic) bond motifs is 1. The molecule has 0 radical (unpaired) electrons. The van der Waals surface area contributed by atoms with Crippen molar-refractivity contribution in [3.8, 4) is 22.9 Å². The van der Waals surface area contributed by atoms with Gasteiger partial charge < -0.3 is 14.0 Å². The van der Waals surface area contributed by atoms with Crippen LogP contribution in [0.1, 0.15) is 11.5 Å². The summed E-state index contributed by atoms with van der Waals surface area (Å²) in [7, 11) is 3.05. The van der Waals surface area contributed by atoms with Crippen molar-refractivity contribution in [3.63, 3.8) is 0 Å². The Morgan fingerprint density at radius 2 is 1.77 bits per heavy atom. The minimum atomic E-state index is -0.716. The average Bonchev–Trinajstić information content (AvgIpc) is 3.47. The van der Waals surface area contributed by atoms with Crippen LogP contribution < -0.4 is 15.0 Å². The zero-order valence-corrected chi connectivity index (χ0v) is 18.5. The second-order valence-electron chi connectivity index (χ2n) is 7.46. The lowest BCUT2D eigenvalue weighted by Gasteiger charge is -2.07. The summed E-state index contributed by atoms with van der Waals surface area (Å²) in [5, 5.41) is 11.8. The van der Waals surface area contributed by atoms with Crippen molar-refractivity contribution in [2.24, 2.45) is 0 Å². The van der Waals surface area contributed by atoms with Gasteiger partial charge in [0.1, 0.15) is 24.5 Å². The smallest absolute Gasteiger partial charge is 0.283 e. The molecule has 0 saturated carbocycles. The van der Waals surface area contributed by atoms with Gasteiger partial charge in [0.25, 0.3) is 5.56 Å². The number of halogens is 2. The van der Waals surface area contributed by atoms with E-state index in [0.29, 0.717) is 28.5 Å². The molecule has 0 amide bonds. The average molecular weight is 481 g/mol. The number of rotatable bonds is 7. The van der Waals surface area contributed by atoms with Gasteiger partial charge in [-0.05, 0) is 35.9 Å². The standard InChI is InChI=1S/C22H17F2N7O4/c1-33-16-4-3-13(7-17(16)34-2)20-26-18(35-28-20)10-30-11-25-21-19(22(30)32)27-29-31(21)9-12-5-14(23)8-15(24)6-12/h3-8,11H,9-10H2,1-2H3. The van der Waals surface area contributed by atoms with Crippen LogP contribution >= 0.6 is 0 Å². The van der Waals surface area contributed by atoms with Crippen LogP contribution in [-0.2, 0) is 13.1 Å². The van der Waals surface area contributed by atoms with Gasteiger partial charge in [0.2, 0.25) is 11.7 Å². The molecule has 0 atom stereocenters. The van der Waals surface area contributed by atoms with Crippen molar-refractivity contribution in [1.29, 1.82) is 0 Å². The fraction of sp³-hybridized carbons (Fsp3) is 0.182. The lowest BCUT2D eigenvalue weighted by molar-refractivity contribution is 0.355. The third kappa shape index (κ3) is 4.30. The molecular formula is C22H17F2N7O4. The number of nitrogens with zero attached hydrogens (tertiary/aromatic N) is 7. The highest BCUT2D eigenvalue weighted by molar-refractivity contribution is 5.67. The van der Waals surface area contributed by atoms with Crippen molar-refractivity contribution < 1.29 is 22.8 Å². The van der Waals surface area contributed by atoms with E-state index in [1.807, 2.05) is 0 Å². The Hall–Kier alpha value is -4.68. The van der Waals surface area contributed by atoms with Gasteiger partial charge in [-0.3, -0.25) is 9.36 Å². The first-order valence-corrected chi connectivity index (χ1v) is 10.2. The van der Waals surface area contributed by atoms with Gasteiger partial charge in [-0.2, -0.15) is 4.98 Å². The summed E-state index contributed by atoms with van der Waals surface area (Å²) in [5.41, 5.74) is 0.623. The molecule has 0 unspecified atom stereocenters. The third-order valence-electron chi connectivity index (χ3n) is 5.16. The van der Waals surface area contributed by atoms with Crippen LogP contribution in [-0.4, -0.2) is 48.9 Å². The van der Waals surface area contributed by atoms with E-state index in [1.54, 1.807) is 18.2 Å². The maximum atomic E-state index is 13.5. The molecule has 0 saturated heterocycles. The van der Waals surface area contributed by atoms with Crippen LogP contribution in [0.2, 0.25) is 0 Å². The molecule has 178 valence electrons. The Bertz CT molecular complexity index is 1570. The lowest BCUT2D eigenvalue weighted by Crippen LogP contribution is -2.21. The molecule has 13 heteroatoms. The largest absolute Gasteiger partial charge is 0.493 e. The fourth-order valence-electron chi connectivity index (χ4n) is 3.54. The summed E-state index contributed by atoms with van der Waals surface area (Å²) in [5.74, 6) is 0.100. The molecule has 0 spiro atoms. The summed E-state index contributed by atoms with van der Waals surface area (Å²) >= 11 is 0. The highest BCUT2D eigenvalue weighted by atomic mass is 19.1. The van der Waals surface area contributed by atoms with Crippen LogP contribution in [0.15, 0.2) is 52.0 Å². The molecule has 5 aromatic rings. The molecule has 0 bridgehead atoms. The van der Waals surface area contributed by atoms with Crippen LogP contribution in [0.3, 0.4) is 0 Å². The molecule has 11 nitrogen and oxygen atoms in total. The number of methoxy groups -OCH3 is 2. The van der Waals surface area contributed by atoms with Crippen molar-refractivity contribution in [2.75, 3.05) is 14.2 Å². The van der Waals surface area contributed by atoms with Crippen LogP contribution in [0.4, 0.5) is 8.78 Å². The van der Waals surface area contributed by atoms with Gasteiger partial charge in [0.15, 0.2) is 22.7 Å². The Balaban J connectivity index is 1.39.